The fourth-order valence-electron chi connectivity index (χ4n) is 2.13. The molecule has 0 amide bonds. The molecular formula is C11H17NO. The van der Waals surface area contributed by atoms with E-state index in [1.54, 1.807) is 0 Å². The summed E-state index contributed by atoms with van der Waals surface area (Å²) in [6, 6.07) is 0. The Balaban J connectivity index is 1.89. The monoisotopic (exact) mass is 179 g/mol. The third-order valence-electron chi connectivity index (χ3n) is 2.86. The maximum absolute atomic E-state index is 5.48. The highest BCUT2D eigenvalue weighted by Crippen LogP contribution is 2.26. The smallest absolute Gasteiger partial charge is 0.194 e. The van der Waals surface area contributed by atoms with Crippen LogP contribution in [0.3, 0.4) is 0 Å². The van der Waals surface area contributed by atoms with Crippen LogP contribution < -0.4 is 0 Å². The molecule has 0 aliphatic heterocycles. The van der Waals surface area contributed by atoms with Crippen molar-refractivity contribution in [2.24, 2.45) is 5.92 Å². The van der Waals surface area contributed by atoms with Crippen molar-refractivity contribution in [1.29, 1.82) is 0 Å². The molecule has 0 N–H and O–H groups in total. The second kappa shape index (κ2) is 3.95. The van der Waals surface area contributed by atoms with Gasteiger partial charge in [-0.05, 0) is 25.7 Å². The number of nitrogens with zero attached hydrogens (tertiary/aromatic N) is 1. The third kappa shape index (κ3) is 2.33. The van der Waals surface area contributed by atoms with E-state index in [9.17, 15) is 0 Å². The molecule has 1 heterocycles. The molecule has 1 aromatic heterocycles. The van der Waals surface area contributed by atoms with Crippen LogP contribution in [-0.2, 0) is 6.42 Å². The Morgan fingerprint density at radius 2 is 2.15 bits per heavy atom. The molecule has 0 aromatic carbocycles. The van der Waals surface area contributed by atoms with Crippen molar-refractivity contribution >= 4 is 0 Å². The zero-order valence-electron chi connectivity index (χ0n) is 8.25. The molecule has 0 radical (unpaired) electrons. The lowest BCUT2D eigenvalue weighted by atomic mass is 9.87. The molecule has 1 aliphatic carbocycles. The zero-order chi connectivity index (χ0) is 9.10. The Bertz CT molecular complexity index is 261. The van der Waals surface area contributed by atoms with Crippen LogP contribution >= 0.6 is 0 Å². The van der Waals surface area contributed by atoms with Crippen LogP contribution in [0.1, 0.15) is 43.8 Å². The van der Waals surface area contributed by atoms with Gasteiger partial charge in [0, 0.05) is 6.42 Å². The van der Waals surface area contributed by atoms with E-state index < -0.39 is 0 Å². The summed E-state index contributed by atoms with van der Waals surface area (Å²) in [5.74, 6) is 2.70. The summed E-state index contributed by atoms with van der Waals surface area (Å²) in [6.45, 7) is 1.96. The van der Waals surface area contributed by atoms with Crippen molar-refractivity contribution in [1.82, 2.24) is 4.98 Å². The van der Waals surface area contributed by atoms with Crippen LogP contribution in [0.15, 0.2) is 10.6 Å². The summed E-state index contributed by atoms with van der Waals surface area (Å²) < 4.78 is 5.48. The molecule has 0 spiro atoms. The predicted molar refractivity (Wildman–Crippen MR) is 51.5 cm³/mol. The highest BCUT2D eigenvalue weighted by atomic mass is 16.3. The minimum Gasteiger partial charge on any atom is -0.446 e. The molecule has 0 unspecified atom stereocenters. The maximum atomic E-state index is 5.48. The van der Waals surface area contributed by atoms with Gasteiger partial charge in [0.25, 0.3) is 0 Å². The Morgan fingerprint density at radius 1 is 1.38 bits per heavy atom. The Morgan fingerprint density at radius 3 is 2.77 bits per heavy atom. The van der Waals surface area contributed by atoms with Crippen molar-refractivity contribution in [3.63, 3.8) is 0 Å². The average Bonchev–Trinajstić information content (AvgIpc) is 2.53. The van der Waals surface area contributed by atoms with Crippen LogP contribution in [-0.4, -0.2) is 4.98 Å². The van der Waals surface area contributed by atoms with E-state index in [1.807, 2.05) is 13.1 Å². The SMILES string of the molecule is Cc1cnc(CC2CCCCC2)o1. The zero-order valence-corrected chi connectivity index (χ0v) is 8.25. The number of oxazole rings is 1. The van der Waals surface area contributed by atoms with Gasteiger partial charge in [0.2, 0.25) is 0 Å². The van der Waals surface area contributed by atoms with Gasteiger partial charge in [0.05, 0.1) is 6.20 Å². The van der Waals surface area contributed by atoms with Gasteiger partial charge >= 0.3 is 0 Å². The van der Waals surface area contributed by atoms with E-state index >= 15 is 0 Å². The van der Waals surface area contributed by atoms with Gasteiger partial charge in [-0.1, -0.05) is 19.3 Å². The van der Waals surface area contributed by atoms with E-state index in [-0.39, 0.29) is 0 Å². The molecule has 13 heavy (non-hydrogen) atoms. The summed E-state index contributed by atoms with van der Waals surface area (Å²) >= 11 is 0. The van der Waals surface area contributed by atoms with Gasteiger partial charge < -0.3 is 4.42 Å². The first-order valence-corrected chi connectivity index (χ1v) is 5.26. The van der Waals surface area contributed by atoms with Gasteiger partial charge in [-0.3, -0.25) is 0 Å². The second-order valence-electron chi connectivity index (χ2n) is 4.07. The predicted octanol–water partition coefficient (Wildman–Crippen LogP) is 3.11. The van der Waals surface area contributed by atoms with E-state index in [0.29, 0.717) is 0 Å². The van der Waals surface area contributed by atoms with Crippen LogP contribution in [0, 0.1) is 12.8 Å². The summed E-state index contributed by atoms with van der Waals surface area (Å²) in [5, 5.41) is 0. The molecule has 1 saturated carbocycles. The molecule has 0 atom stereocenters. The minimum atomic E-state index is 0.826. The topological polar surface area (TPSA) is 26.0 Å². The van der Waals surface area contributed by atoms with Gasteiger partial charge in [0.1, 0.15) is 5.76 Å². The normalized spacial score (nSPS) is 19.2. The van der Waals surface area contributed by atoms with Crippen molar-refractivity contribution < 1.29 is 4.42 Å². The molecule has 1 aliphatic rings. The van der Waals surface area contributed by atoms with E-state index in [4.69, 9.17) is 4.42 Å². The first-order valence-electron chi connectivity index (χ1n) is 5.26. The standard InChI is InChI=1S/C11H17NO/c1-9-8-12-11(13-9)7-10-5-3-2-4-6-10/h8,10H,2-7H2,1H3. The van der Waals surface area contributed by atoms with Crippen molar-refractivity contribution in [2.45, 2.75) is 45.4 Å². The molecule has 2 heteroatoms. The molecule has 72 valence electrons. The summed E-state index contributed by atoms with van der Waals surface area (Å²) in [5.41, 5.74) is 0. The molecule has 0 saturated heterocycles. The Kier molecular flexibility index (Phi) is 2.67. The number of aryl methyl sites for hydroxylation is 1. The summed E-state index contributed by atoms with van der Waals surface area (Å²) in [4.78, 5) is 4.24. The van der Waals surface area contributed by atoms with Gasteiger partial charge in [-0.2, -0.15) is 0 Å². The van der Waals surface area contributed by atoms with Crippen LogP contribution in [0.5, 0.6) is 0 Å². The van der Waals surface area contributed by atoms with Gasteiger partial charge in [0.15, 0.2) is 5.89 Å². The molecule has 2 rings (SSSR count). The fourth-order valence-corrected chi connectivity index (χ4v) is 2.13. The molecular weight excluding hydrogens is 162 g/mol. The quantitative estimate of drug-likeness (QED) is 0.697. The van der Waals surface area contributed by atoms with Crippen LogP contribution in [0.2, 0.25) is 0 Å². The lowest BCUT2D eigenvalue weighted by Gasteiger charge is -2.19. The third-order valence-corrected chi connectivity index (χ3v) is 2.86. The molecule has 1 aromatic rings. The van der Waals surface area contributed by atoms with Crippen molar-refractivity contribution in [3.8, 4) is 0 Å². The highest BCUT2D eigenvalue weighted by molar-refractivity contribution is 4.92. The Labute approximate surface area is 79.4 Å². The maximum Gasteiger partial charge on any atom is 0.194 e. The first kappa shape index (κ1) is 8.79. The van der Waals surface area contributed by atoms with Crippen LogP contribution in [0.4, 0.5) is 0 Å². The molecule has 1 fully saturated rings. The first-order chi connectivity index (χ1) is 6.34. The van der Waals surface area contributed by atoms with E-state index in [2.05, 4.69) is 4.98 Å². The average molecular weight is 179 g/mol. The van der Waals surface area contributed by atoms with E-state index in [0.717, 1.165) is 24.0 Å². The number of aromatic nitrogens is 1. The number of hydrogen-bond acceptors (Lipinski definition) is 2. The minimum absolute atomic E-state index is 0.826. The molecule has 2 nitrogen and oxygen atoms in total. The number of rotatable bonds is 2. The van der Waals surface area contributed by atoms with Gasteiger partial charge in [-0.25, -0.2) is 4.98 Å². The van der Waals surface area contributed by atoms with Gasteiger partial charge in [-0.15, -0.1) is 0 Å². The number of hydrogen-bond donors (Lipinski definition) is 0. The second-order valence-corrected chi connectivity index (χ2v) is 4.07. The Hall–Kier alpha value is -0.790. The van der Waals surface area contributed by atoms with Crippen molar-refractivity contribution in [3.05, 3.63) is 17.8 Å². The largest absolute Gasteiger partial charge is 0.446 e. The lowest BCUT2D eigenvalue weighted by Crippen LogP contribution is -2.09. The van der Waals surface area contributed by atoms with Crippen molar-refractivity contribution in [2.75, 3.05) is 0 Å². The summed E-state index contributed by atoms with van der Waals surface area (Å²) in [6.07, 6.45) is 9.80. The fraction of sp³-hybridized carbons (Fsp3) is 0.727. The van der Waals surface area contributed by atoms with Crippen LogP contribution in [0.25, 0.3) is 0 Å². The molecule has 0 bridgehead atoms. The summed E-state index contributed by atoms with van der Waals surface area (Å²) in [7, 11) is 0. The lowest BCUT2D eigenvalue weighted by molar-refractivity contribution is 0.326. The highest BCUT2D eigenvalue weighted by Gasteiger charge is 2.15. The van der Waals surface area contributed by atoms with E-state index in [1.165, 1.54) is 32.1 Å².